The summed E-state index contributed by atoms with van der Waals surface area (Å²) in [4.78, 5) is 10.7. The van der Waals surface area contributed by atoms with Gasteiger partial charge in [-0.05, 0) is 12.5 Å². The maximum Gasteiger partial charge on any atom is 0.302 e. The molecule has 1 N–H and O–H groups in total. The second-order valence-corrected chi connectivity index (χ2v) is 2.47. The van der Waals surface area contributed by atoms with Gasteiger partial charge in [-0.25, -0.2) is 4.39 Å². The molecule has 0 fully saturated rings. The lowest BCUT2D eigenvalue weighted by atomic mass is 10.3. The van der Waals surface area contributed by atoms with E-state index in [1.807, 2.05) is 5.32 Å². The molecule has 0 radical (unpaired) electrons. The molecule has 0 saturated heterocycles. The molecular weight excluding hydrogens is 221 g/mol. The minimum atomic E-state index is -2.56. The van der Waals surface area contributed by atoms with Crippen molar-refractivity contribution in [1.82, 2.24) is 5.32 Å². The van der Waals surface area contributed by atoms with Gasteiger partial charge in [-0.3, -0.25) is 4.79 Å². The van der Waals surface area contributed by atoms with Crippen LogP contribution in [0.15, 0.2) is 24.1 Å². The van der Waals surface area contributed by atoms with Crippen LogP contribution in [0.1, 0.15) is 12.8 Å². The number of carbonyl (C=O) groups is 1. The molecule has 1 amide bonds. The number of amides is 1. The lowest BCUT2D eigenvalue weighted by molar-refractivity contribution is -0.120. The first-order valence-electron chi connectivity index (χ1n) is 3.91. The van der Waals surface area contributed by atoms with E-state index in [0.717, 1.165) is 0 Å². The van der Waals surface area contributed by atoms with Crippen LogP contribution in [0.2, 0.25) is 0 Å². The standard InChI is InChI=1S/C8H8F5NO/c9-5(8(12)13)4-7(15)14-3-1-2-6(10)11/h2H,1,3-4H2,(H,14,15). The van der Waals surface area contributed by atoms with Crippen molar-refractivity contribution in [3.8, 4) is 0 Å². The van der Waals surface area contributed by atoms with E-state index >= 15 is 0 Å². The maximum atomic E-state index is 12.2. The van der Waals surface area contributed by atoms with Crippen LogP contribution in [0.3, 0.4) is 0 Å². The number of hydrogen-bond donors (Lipinski definition) is 1. The van der Waals surface area contributed by atoms with Crippen molar-refractivity contribution in [2.24, 2.45) is 0 Å². The Kier molecular flexibility index (Phi) is 6.32. The van der Waals surface area contributed by atoms with Gasteiger partial charge in [0.15, 0.2) is 5.83 Å². The van der Waals surface area contributed by atoms with Crippen LogP contribution >= 0.6 is 0 Å². The highest BCUT2D eigenvalue weighted by Gasteiger charge is 2.10. The molecule has 0 bridgehead atoms. The molecule has 0 aliphatic rings. The van der Waals surface area contributed by atoms with Crippen LogP contribution in [0.25, 0.3) is 0 Å². The summed E-state index contributed by atoms with van der Waals surface area (Å²) in [6, 6.07) is 0. The monoisotopic (exact) mass is 229 g/mol. The molecule has 0 aromatic rings. The average Bonchev–Trinajstić information content (AvgIpc) is 2.12. The minimum Gasteiger partial charge on any atom is -0.355 e. The van der Waals surface area contributed by atoms with Crippen molar-refractivity contribution in [1.29, 1.82) is 0 Å². The summed E-state index contributed by atoms with van der Waals surface area (Å²) in [6.07, 6.45) is -5.12. The van der Waals surface area contributed by atoms with E-state index in [4.69, 9.17) is 0 Å². The topological polar surface area (TPSA) is 29.1 Å². The largest absolute Gasteiger partial charge is 0.355 e. The molecule has 7 heteroatoms. The highest BCUT2D eigenvalue weighted by atomic mass is 19.3. The molecular formula is C8H8F5NO. The quantitative estimate of drug-likeness (QED) is 0.570. The van der Waals surface area contributed by atoms with Crippen molar-refractivity contribution in [3.05, 3.63) is 24.1 Å². The lowest BCUT2D eigenvalue weighted by Gasteiger charge is -2.00. The van der Waals surface area contributed by atoms with Crippen LogP contribution in [0.5, 0.6) is 0 Å². The van der Waals surface area contributed by atoms with Crippen molar-refractivity contribution in [2.75, 3.05) is 6.54 Å². The van der Waals surface area contributed by atoms with Gasteiger partial charge in [-0.2, -0.15) is 17.6 Å². The first-order chi connectivity index (χ1) is 6.93. The van der Waals surface area contributed by atoms with Crippen molar-refractivity contribution in [3.63, 3.8) is 0 Å². The number of halogens is 5. The average molecular weight is 229 g/mol. The predicted molar refractivity (Wildman–Crippen MR) is 42.9 cm³/mol. The van der Waals surface area contributed by atoms with E-state index in [9.17, 15) is 26.7 Å². The number of rotatable bonds is 5. The normalized spacial score (nSPS) is 9.40. The zero-order valence-corrected chi connectivity index (χ0v) is 7.50. The summed E-state index contributed by atoms with van der Waals surface area (Å²) in [7, 11) is 0. The zero-order chi connectivity index (χ0) is 11.8. The number of nitrogens with one attached hydrogen (secondary N) is 1. The summed E-state index contributed by atoms with van der Waals surface area (Å²) >= 11 is 0. The molecule has 0 rings (SSSR count). The molecule has 0 aliphatic heterocycles. The molecule has 0 aromatic carbocycles. The molecule has 86 valence electrons. The molecule has 0 atom stereocenters. The van der Waals surface area contributed by atoms with E-state index in [-0.39, 0.29) is 13.0 Å². The van der Waals surface area contributed by atoms with Crippen LogP contribution in [-0.4, -0.2) is 12.5 Å². The highest BCUT2D eigenvalue weighted by molar-refractivity contribution is 5.78. The number of carbonyl (C=O) groups excluding carboxylic acids is 1. The van der Waals surface area contributed by atoms with Gasteiger partial charge in [-0.1, -0.05) is 0 Å². The van der Waals surface area contributed by atoms with Gasteiger partial charge in [0.2, 0.25) is 5.91 Å². The fourth-order valence-corrected chi connectivity index (χ4v) is 0.663. The second kappa shape index (κ2) is 6.97. The Hall–Kier alpha value is -1.40. The Bertz CT molecular complexity index is 279. The highest BCUT2D eigenvalue weighted by Crippen LogP contribution is 2.12. The summed E-state index contributed by atoms with van der Waals surface area (Å²) < 4.78 is 58.1. The Labute approximate surface area is 82.5 Å². The molecule has 0 spiro atoms. The van der Waals surface area contributed by atoms with Gasteiger partial charge in [-0.15, -0.1) is 0 Å². The first kappa shape index (κ1) is 13.6. The van der Waals surface area contributed by atoms with E-state index < -0.39 is 30.3 Å². The Morgan fingerprint density at radius 1 is 1.13 bits per heavy atom. The fraction of sp³-hybridized carbons (Fsp3) is 0.375. The smallest absolute Gasteiger partial charge is 0.302 e. The molecule has 0 saturated carbocycles. The third-order valence-corrected chi connectivity index (χ3v) is 1.29. The maximum absolute atomic E-state index is 12.2. The number of hydrogen-bond acceptors (Lipinski definition) is 1. The minimum absolute atomic E-state index is 0.141. The van der Waals surface area contributed by atoms with Gasteiger partial charge >= 0.3 is 6.08 Å². The summed E-state index contributed by atoms with van der Waals surface area (Å²) in [5.74, 6) is -2.80. The van der Waals surface area contributed by atoms with Crippen LogP contribution in [0.4, 0.5) is 22.0 Å². The van der Waals surface area contributed by atoms with Gasteiger partial charge in [0, 0.05) is 6.54 Å². The molecule has 0 aromatic heterocycles. The summed E-state index contributed by atoms with van der Waals surface area (Å²) in [6.45, 7) is -0.155. The van der Waals surface area contributed by atoms with Gasteiger partial charge in [0.1, 0.15) is 0 Å². The van der Waals surface area contributed by atoms with Gasteiger partial charge in [0.25, 0.3) is 6.08 Å². The Morgan fingerprint density at radius 2 is 1.73 bits per heavy atom. The van der Waals surface area contributed by atoms with E-state index in [1.165, 1.54) is 0 Å². The predicted octanol–water partition coefficient (Wildman–Crippen LogP) is 2.74. The summed E-state index contributed by atoms with van der Waals surface area (Å²) in [5, 5.41) is 2.00. The first-order valence-corrected chi connectivity index (χ1v) is 3.91. The van der Waals surface area contributed by atoms with Gasteiger partial charge < -0.3 is 5.32 Å². The molecule has 0 heterocycles. The SMILES string of the molecule is O=C(CC(F)=C(F)F)NCCC=C(F)F. The van der Waals surface area contributed by atoms with E-state index in [1.54, 1.807) is 0 Å². The van der Waals surface area contributed by atoms with Crippen molar-refractivity contribution in [2.45, 2.75) is 12.8 Å². The Morgan fingerprint density at radius 3 is 2.20 bits per heavy atom. The second-order valence-electron chi connectivity index (χ2n) is 2.47. The van der Waals surface area contributed by atoms with Crippen LogP contribution < -0.4 is 5.32 Å². The lowest BCUT2D eigenvalue weighted by Crippen LogP contribution is -2.23. The summed E-state index contributed by atoms with van der Waals surface area (Å²) in [5.41, 5.74) is 0. The van der Waals surface area contributed by atoms with E-state index in [2.05, 4.69) is 0 Å². The van der Waals surface area contributed by atoms with E-state index in [0.29, 0.717) is 6.08 Å². The fourth-order valence-electron chi connectivity index (χ4n) is 0.663. The third kappa shape index (κ3) is 7.65. The van der Waals surface area contributed by atoms with Gasteiger partial charge in [0.05, 0.1) is 6.42 Å². The zero-order valence-electron chi connectivity index (χ0n) is 7.50. The van der Waals surface area contributed by atoms with Crippen molar-refractivity contribution >= 4 is 5.91 Å². The molecule has 15 heavy (non-hydrogen) atoms. The van der Waals surface area contributed by atoms with Crippen LogP contribution in [-0.2, 0) is 4.79 Å². The Balaban J connectivity index is 3.77. The van der Waals surface area contributed by atoms with Crippen LogP contribution in [0, 0.1) is 0 Å². The van der Waals surface area contributed by atoms with Crippen molar-refractivity contribution < 1.29 is 26.7 Å². The molecule has 0 aliphatic carbocycles. The third-order valence-electron chi connectivity index (χ3n) is 1.29. The molecule has 0 unspecified atom stereocenters. The molecule has 2 nitrogen and oxygen atoms in total.